The molecule has 0 aliphatic heterocycles. The summed E-state index contributed by atoms with van der Waals surface area (Å²) < 4.78 is 0. The van der Waals surface area contributed by atoms with Crippen LogP contribution >= 0.6 is 0 Å². The van der Waals surface area contributed by atoms with Crippen LogP contribution in [0.2, 0.25) is 0 Å². The molecule has 0 rings (SSSR count). The van der Waals surface area contributed by atoms with Gasteiger partial charge in [0.25, 0.3) is 0 Å². The van der Waals surface area contributed by atoms with Crippen molar-refractivity contribution in [3.8, 4) is 0 Å². The van der Waals surface area contributed by atoms with Crippen molar-refractivity contribution in [2.45, 2.75) is 52.4 Å². The van der Waals surface area contributed by atoms with Crippen molar-refractivity contribution in [3.05, 3.63) is 0 Å². The molecular formula is C10H21O. The van der Waals surface area contributed by atoms with Crippen LogP contribution in [0.3, 0.4) is 0 Å². The molecule has 0 heterocycles. The Morgan fingerprint density at radius 1 is 1.09 bits per heavy atom. The smallest absolute Gasteiger partial charge is 0.0822 e. The average molecular weight is 157 g/mol. The molecule has 0 aliphatic carbocycles. The lowest BCUT2D eigenvalue weighted by atomic mass is 9.99. The van der Waals surface area contributed by atoms with Gasteiger partial charge in [-0.1, -0.05) is 39.5 Å². The van der Waals surface area contributed by atoms with Crippen LogP contribution in [0.1, 0.15) is 52.4 Å². The van der Waals surface area contributed by atoms with Gasteiger partial charge in [-0.25, -0.2) is 5.11 Å². The average Bonchev–Trinajstić information content (AvgIpc) is 2.01. The first kappa shape index (κ1) is 11.0. The van der Waals surface area contributed by atoms with Crippen LogP contribution in [0.15, 0.2) is 0 Å². The summed E-state index contributed by atoms with van der Waals surface area (Å²) in [5.74, 6) is 0.774. The van der Waals surface area contributed by atoms with E-state index in [0.717, 1.165) is 18.8 Å². The van der Waals surface area contributed by atoms with Crippen molar-refractivity contribution in [1.82, 2.24) is 0 Å². The predicted molar refractivity (Wildman–Crippen MR) is 48.1 cm³/mol. The summed E-state index contributed by atoms with van der Waals surface area (Å²) >= 11 is 0. The molecule has 0 aromatic rings. The summed E-state index contributed by atoms with van der Waals surface area (Å²) in [6, 6.07) is 0. The molecule has 1 unspecified atom stereocenters. The third kappa shape index (κ3) is 7.86. The largest absolute Gasteiger partial charge is 0.237 e. The highest BCUT2D eigenvalue weighted by atomic mass is 16.2. The Bertz CT molecular complexity index is 71.3. The summed E-state index contributed by atoms with van der Waals surface area (Å²) in [5, 5.41) is 10.2. The molecule has 0 bridgehead atoms. The van der Waals surface area contributed by atoms with Crippen molar-refractivity contribution in [2.24, 2.45) is 5.92 Å². The molecule has 0 aromatic heterocycles. The van der Waals surface area contributed by atoms with Gasteiger partial charge < -0.3 is 0 Å². The molecule has 0 spiro atoms. The highest BCUT2D eigenvalue weighted by Crippen LogP contribution is 2.14. The fraction of sp³-hybridized carbons (Fsp3) is 1.00. The minimum atomic E-state index is 0.109. The summed E-state index contributed by atoms with van der Waals surface area (Å²) in [6.07, 6.45) is 7.31. The minimum Gasteiger partial charge on any atom is -0.237 e. The second kappa shape index (κ2) is 8.06. The van der Waals surface area contributed by atoms with Crippen LogP contribution < -0.4 is 0 Å². The van der Waals surface area contributed by atoms with Crippen LogP contribution in [0.5, 0.6) is 0 Å². The first-order valence-electron chi connectivity index (χ1n) is 4.89. The maximum atomic E-state index is 10.2. The van der Waals surface area contributed by atoms with E-state index < -0.39 is 0 Å². The van der Waals surface area contributed by atoms with E-state index in [4.69, 9.17) is 0 Å². The van der Waals surface area contributed by atoms with Crippen molar-refractivity contribution in [1.29, 1.82) is 0 Å². The van der Waals surface area contributed by atoms with Gasteiger partial charge in [0, 0.05) is 0 Å². The van der Waals surface area contributed by atoms with E-state index in [0.29, 0.717) is 0 Å². The van der Waals surface area contributed by atoms with Crippen molar-refractivity contribution in [3.63, 3.8) is 0 Å². The summed E-state index contributed by atoms with van der Waals surface area (Å²) in [4.78, 5) is 0. The minimum absolute atomic E-state index is 0.109. The lowest BCUT2D eigenvalue weighted by Crippen LogP contribution is -1.95. The lowest BCUT2D eigenvalue weighted by Gasteiger charge is -2.08. The Hall–Kier alpha value is -0.0400. The lowest BCUT2D eigenvalue weighted by molar-refractivity contribution is 0.180. The third-order valence-electron chi connectivity index (χ3n) is 2.14. The number of hydrogen-bond acceptors (Lipinski definition) is 0. The second-order valence-electron chi connectivity index (χ2n) is 3.45. The fourth-order valence-corrected chi connectivity index (χ4v) is 1.32. The molecule has 0 saturated heterocycles. The molecule has 0 fully saturated rings. The molecule has 1 nitrogen and oxygen atoms in total. The van der Waals surface area contributed by atoms with Crippen LogP contribution in [0.4, 0.5) is 0 Å². The Morgan fingerprint density at radius 3 is 2.27 bits per heavy atom. The molecule has 11 heavy (non-hydrogen) atoms. The SMILES string of the molecule is CCCCCC(C)CCC[O]. The van der Waals surface area contributed by atoms with E-state index in [1.54, 1.807) is 0 Å². The van der Waals surface area contributed by atoms with E-state index in [9.17, 15) is 5.11 Å². The van der Waals surface area contributed by atoms with Gasteiger partial charge in [-0.3, -0.25) is 0 Å². The van der Waals surface area contributed by atoms with Gasteiger partial charge >= 0.3 is 0 Å². The topological polar surface area (TPSA) is 19.9 Å². The van der Waals surface area contributed by atoms with Crippen molar-refractivity contribution < 1.29 is 5.11 Å². The molecule has 67 valence electrons. The maximum absolute atomic E-state index is 10.2. The van der Waals surface area contributed by atoms with Crippen molar-refractivity contribution in [2.75, 3.05) is 6.61 Å². The molecular weight excluding hydrogens is 136 g/mol. The number of rotatable bonds is 7. The van der Waals surface area contributed by atoms with Crippen LogP contribution in [-0.2, 0) is 5.11 Å². The quantitative estimate of drug-likeness (QED) is 0.505. The normalized spacial score (nSPS) is 13.4. The van der Waals surface area contributed by atoms with Crippen LogP contribution in [0, 0.1) is 5.92 Å². The predicted octanol–water partition coefficient (Wildman–Crippen LogP) is 3.41. The van der Waals surface area contributed by atoms with E-state index in [-0.39, 0.29) is 6.61 Å². The first-order valence-corrected chi connectivity index (χ1v) is 4.89. The van der Waals surface area contributed by atoms with E-state index in [1.807, 2.05) is 0 Å². The van der Waals surface area contributed by atoms with Crippen LogP contribution in [-0.4, -0.2) is 6.61 Å². The van der Waals surface area contributed by atoms with Gasteiger partial charge in [-0.05, 0) is 18.8 Å². The van der Waals surface area contributed by atoms with E-state index in [2.05, 4.69) is 13.8 Å². The molecule has 1 atom stereocenters. The molecule has 0 aliphatic rings. The fourth-order valence-electron chi connectivity index (χ4n) is 1.32. The van der Waals surface area contributed by atoms with E-state index in [1.165, 1.54) is 25.7 Å². The summed E-state index contributed by atoms with van der Waals surface area (Å²) in [7, 11) is 0. The Balaban J connectivity index is 3.02. The van der Waals surface area contributed by atoms with Gasteiger partial charge in [0.1, 0.15) is 0 Å². The Labute approximate surface area is 70.8 Å². The van der Waals surface area contributed by atoms with Gasteiger partial charge in [0.05, 0.1) is 6.61 Å². The van der Waals surface area contributed by atoms with Gasteiger partial charge in [-0.15, -0.1) is 0 Å². The molecule has 1 radical (unpaired) electrons. The maximum Gasteiger partial charge on any atom is 0.0822 e. The molecule has 0 amide bonds. The van der Waals surface area contributed by atoms with Gasteiger partial charge in [-0.2, -0.15) is 0 Å². The standard InChI is InChI=1S/C10H21O/c1-3-4-5-7-10(2)8-6-9-11/h10H,3-9H2,1-2H3. The van der Waals surface area contributed by atoms with E-state index >= 15 is 0 Å². The van der Waals surface area contributed by atoms with Crippen molar-refractivity contribution >= 4 is 0 Å². The highest BCUT2D eigenvalue weighted by Gasteiger charge is 2.00. The zero-order valence-corrected chi connectivity index (χ0v) is 7.94. The Kier molecular flexibility index (Phi) is 8.03. The molecule has 0 saturated carbocycles. The summed E-state index contributed by atoms with van der Waals surface area (Å²) in [6.45, 7) is 4.59. The first-order chi connectivity index (χ1) is 5.31. The monoisotopic (exact) mass is 157 g/mol. The molecule has 0 aromatic carbocycles. The zero-order valence-electron chi connectivity index (χ0n) is 7.94. The van der Waals surface area contributed by atoms with Crippen LogP contribution in [0.25, 0.3) is 0 Å². The summed E-state index contributed by atoms with van der Waals surface area (Å²) in [5.41, 5.74) is 0. The second-order valence-corrected chi connectivity index (χ2v) is 3.45. The number of unbranched alkanes of at least 4 members (excludes halogenated alkanes) is 2. The zero-order chi connectivity index (χ0) is 8.53. The molecule has 1 heteroatoms. The number of hydrogen-bond donors (Lipinski definition) is 0. The molecule has 0 N–H and O–H groups in total. The van der Waals surface area contributed by atoms with Gasteiger partial charge in [0.2, 0.25) is 0 Å². The highest BCUT2D eigenvalue weighted by molar-refractivity contribution is 4.53. The third-order valence-corrected chi connectivity index (χ3v) is 2.14. The van der Waals surface area contributed by atoms with Gasteiger partial charge in [0.15, 0.2) is 0 Å². The Morgan fingerprint density at radius 2 is 1.73 bits per heavy atom.